The van der Waals surface area contributed by atoms with Gasteiger partial charge in [-0.15, -0.1) is 0 Å². The summed E-state index contributed by atoms with van der Waals surface area (Å²) < 4.78 is 15.4. The van der Waals surface area contributed by atoms with Gasteiger partial charge in [-0.25, -0.2) is 0 Å². The van der Waals surface area contributed by atoms with Crippen molar-refractivity contribution in [1.29, 1.82) is 0 Å². The molecule has 0 saturated carbocycles. The predicted octanol–water partition coefficient (Wildman–Crippen LogP) is 2.11. The van der Waals surface area contributed by atoms with Crippen molar-refractivity contribution < 1.29 is 19.0 Å². The molecule has 1 aliphatic rings. The Morgan fingerprint density at radius 2 is 2.32 bits per heavy atom. The molecule has 1 aliphatic heterocycles. The second-order valence-corrected chi connectivity index (χ2v) is 4.57. The van der Waals surface area contributed by atoms with Crippen LogP contribution < -0.4 is 14.8 Å². The number of rotatable bonds is 5. The van der Waals surface area contributed by atoms with Crippen LogP contribution in [0.15, 0.2) is 12.1 Å². The van der Waals surface area contributed by atoms with Gasteiger partial charge in [-0.2, -0.15) is 0 Å². The van der Waals surface area contributed by atoms with Crippen molar-refractivity contribution in [1.82, 2.24) is 5.32 Å². The minimum atomic E-state index is -0.371. The molecule has 1 heterocycles. The third-order valence-corrected chi connectivity index (χ3v) is 3.02. The van der Waals surface area contributed by atoms with Gasteiger partial charge in [0.25, 0.3) is 0 Å². The molecule has 0 radical (unpaired) electrons. The van der Waals surface area contributed by atoms with E-state index in [4.69, 9.17) is 25.8 Å². The summed E-state index contributed by atoms with van der Waals surface area (Å²) >= 11 is 6.08. The summed E-state index contributed by atoms with van der Waals surface area (Å²) in [6, 6.07) is 3.27. The van der Waals surface area contributed by atoms with E-state index in [0.29, 0.717) is 29.7 Å². The number of esters is 1. The summed E-state index contributed by atoms with van der Waals surface area (Å²) in [5, 5.41) is 3.58. The van der Waals surface area contributed by atoms with E-state index in [-0.39, 0.29) is 18.8 Å². The lowest BCUT2D eigenvalue weighted by Gasteiger charge is -2.13. The molecular weight excluding hydrogens is 270 g/mol. The third-order valence-electron chi connectivity index (χ3n) is 2.74. The maximum absolute atomic E-state index is 11.5. The molecule has 1 N–H and O–H groups in total. The zero-order valence-corrected chi connectivity index (χ0v) is 11.6. The van der Waals surface area contributed by atoms with Crippen molar-refractivity contribution in [2.24, 2.45) is 0 Å². The maximum atomic E-state index is 11.5. The van der Waals surface area contributed by atoms with Gasteiger partial charge in [-0.1, -0.05) is 11.6 Å². The fourth-order valence-electron chi connectivity index (χ4n) is 1.74. The number of fused-ring (bicyclic) bond motifs is 1. The SMILES string of the molecule is CCOC(=O)C(C)NCc1cc(Cl)c2c(c1)OCO2. The molecule has 0 amide bonds. The van der Waals surface area contributed by atoms with Gasteiger partial charge in [-0.05, 0) is 31.5 Å². The van der Waals surface area contributed by atoms with Crippen LogP contribution in [0, 0.1) is 0 Å². The van der Waals surface area contributed by atoms with E-state index in [1.54, 1.807) is 19.9 Å². The number of ether oxygens (including phenoxy) is 3. The summed E-state index contributed by atoms with van der Waals surface area (Å²) in [5.41, 5.74) is 0.922. The van der Waals surface area contributed by atoms with Crippen molar-refractivity contribution in [2.75, 3.05) is 13.4 Å². The Morgan fingerprint density at radius 1 is 1.53 bits per heavy atom. The lowest BCUT2D eigenvalue weighted by molar-refractivity contribution is -0.145. The van der Waals surface area contributed by atoms with E-state index in [9.17, 15) is 4.79 Å². The van der Waals surface area contributed by atoms with E-state index in [0.717, 1.165) is 5.56 Å². The second-order valence-electron chi connectivity index (χ2n) is 4.17. The minimum absolute atomic E-state index is 0.186. The molecule has 1 atom stereocenters. The van der Waals surface area contributed by atoms with Crippen LogP contribution in [0.3, 0.4) is 0 Å². The highest BCUT2D eigenvalue weighted by atomic mass is 35.5. The monoisotopic (exact) mass is 285 g/mol. The maximum Gasteiger partial charge on any atom is 0.322 e. The van der Waals surface area contributed by atoms with E-state index in [1.807, 2.05) is 6.07 Å². The van der Waals surface area contributed by atoms with Crippen LogP contribution in [0.1, 0.15) is 19.4 Å². The Hall–Kier alpha value is -1.46. The summed E-state index contributed by atoms with van der Waals surface area (Å²) in [6.45, 7) is 4.59. The summed E-state index contributed by atoms with van der Waals surface area (Å²) in [4.78, 5) is 11.5. The first-order valence-electron chi connectivity index (χ1n) is 6.10. The van der Waals surface area contributed by atoms with Crippen LogP contribution in [0.4, 0.5) is 0 Å². The first kappa shape index (κ1) is 14.0. The molecule has 0 spiro atoms. The van der Waals surface area contributed by atoms with Crippen LogP contribution >= 0.6 is 11.6 Å². The second kappa shape index (κ2) is 6.12. The number of halogens is 1. The number of carbonyl (C=O) groups is 1. The van der Waals surface area contributed by atoms with Crippen LogP contribution in [0.5, 0.6) is 11.5 Å². The number of hydrogen-bond donors (Lipinski definition) is 1. The van der Waals surface area contributed by atoms with Crippen molar-refractivity contribution >= 4 is 17.6 Å². The molecule has 1 aromatic rings. The quantitative estimate of drug-likeness (QED) is 0.840. The lowest BCUT2D eigenvalue weighted by Crippen LogP contribution is -2.34. The highest BCUT2D eigenvalue weighted by Gasteiger charge is 2.19. The molecule has 19 heavy (non-hydrogen) atoms. The third kappa shape index (κ3) is 3.30. The smallest absolute Gasteiger partial charge is 0.322 e. The Labute approximate surface area is 116 Å². The molecule has 0 fully saturated rings. The Bertz CT molecular complexity index is 478. The van der Waals surface area contributed by atoms with Gasteiger partial charge in [0, 0.05) is 6.54 Å². The first-order valence-corrected chi connectivity index (χ1v) is 6.47. The van der Waals surface area contributed by atoms with Crippen molar-refractivity contribution in [3.05, 3.63) is 22.7 Å². The molecule has 0 bridgehead atoms. The van der Waals surface area contributed by atoms with Gasteiger partial charge >= 0.3 is 5.97 Å². The zero-order chi connectivity index (χ0) is 13.8. The van der Waals surface area contributed by atoms with Gasteiger partial charge in [-0.3, -0.25) is 4.79 Å². The summed E-state index contributed by atoms with van der Waals surface area (Å²) in [6.07, 6.45) is 0. The highest BCUT2D eigenvalue weighted by molar-refractivity contribution is 6.32. The van der Waals surface area contributed by atoms with Crippen LogP contribution in [0.2, 0.25) is 5.02 Å². The van der Waals surface area contributed by atoms with Gasteiger partial charge in [0.05, 0.1) is 11.6 Å². The van der Waals surface area contributed by atoms with E-state index in [1.165, 1.54) is 0 Å². The Kier molecular flexibility index (Phi) is 4.50. The van der Waals surface area contributed by atoms with Crippen LogP contribution in [-0.4, -0.2) is 25.4 Å². The highest BCUT2D eigenvalue weighted by Crippen LogP contribution is 2.39. The van der Waals surface area contributed by atoms with Crippen molar-refractivity contribution in [2.45, 2.75) is 26.4 Å². The van der Waals surface area contributed by atoms with Crippen LogP contribution in [0.25, 0.3) is 0 Å². The fraction of sp³-hybridized carbons (Fsp3) is 0.462. The summed E-state index contributed by atoms with van der Waals surface area (Å²) in [7, 11) is 0. The Balaban J connectivity index is 1.97. The lowest BCUT2D eigenvalue weighted by atomic mass is 10.2. The van der Waals surface area contributed by atoms with E-state index >= 15 is 0 Å². The van der Waals surface area contributed by atoms with Gasteiger partial charge in [0.1, 0.15) is 6.04 Å². The molecule has 1 unspecified atom stereocenters. The number of benzene rings is 1. The molecule has 6 heteroatoms. The van der Waals surface area contributed by atoms with Crippen molar-refractivity contribution in [3.63, 3.8) is 0 Å². The average molecular weight is 286 g/mol. The molecule has 0 saturated heterocycles. The number of carbonyl (C=O) groups excluding carboxylic acids is 1. The molecule has 0 aromatic heterocycles. The normalized spacial score (nSPS) is 14.3. The van der Waals surface area contributed by atoms with Gasteiger partial charge in [0.2, 0.25) is 6.79 Å². The molecule has 1 aromatic carbocycles. The molecule has 5 nitrogen and oxygen atoms in total. The first-order chi connectivity index (χ1) is 9.11. The predicted molar refractivity (Wildman–Crippen MR) is 70.5 cm³/mol. The molecule has 104 valence electrons. The van der Waals surface area contributed by atoms with Crippen LogP contribution in [-0.2, 0) is 16.1 Å². The Morgan fingerprint density at radius 3 is 3.05 bits per heavy atom. The largest absolute Gasteiger partial charge is 0.465 e. The van der Waals surface area contributed by atoms with Crippen molar-refractivity contribution in [3.8, 4) is 11.5 Å². The van der Waals surface area contributed by atoms with Gasteiger partial charge in [0.15, 0.2) is 11.5 Å². The van der Waals surface area contributed by atoms with E-state index < -0.39 is 0 Å². The number of hydrogen-bond acceptors (Lipinski definition) is 5. The standard InChI is InChI=1S/C13H16ClNO4/c1-3-17-13(16)8(2)15-6-9-4-10(14)12-11(5-9)18-7-19-12/h4-5,8,15H,3,6-7H2,1-2H3. The topological polar surface area (TPSA) is 56.8 Å². The molecule has 0 aliphatic carbocycles. The fourth-order valence-corrected chi connectivity index (χ4v) is 2.03. The van der Waals surface area contributed by atoms with Gasteiger partial charge < -0.3 is 19.5 Å². The number of nitrogens with one attached hydrogen (secondary N) is 1. The minimum Gasteiger partial charge on any atom is -0.465 e. The molecule has 2 rings (SSSR count). The average Bonchev–Trinajstić information content (AvgIpc) is 2.85. The zero-order valence-electron chi connectivity index (χ0n) is 10.9. The van der Waals surface area contributed by atoms with E-state index in [2.05, 4.69) is 5.32 Å². The summed E-state index contributed by atoms with van der Waals surface area (Å²) in [5.74, 6) is 0.936. The molecular formula is C13H16ClNO4.